The van der Waals surface area contributed by atoms with E-state index in [1.54, 1.807) is 12.3 Å². The Morgan fingerprint density at radius 2 is 2.31 bits per heavy atom. The summed E-state index contributed by atoms with van der Waals surface area (Å²) in [4.78, 5) is 15.8. The van der Waals surface area contributed by atoms with Gasteiger partial charge >= 0.3 is 0 Å². The van der Waals surface area contributed by atoms with Crippen LogP contribution in [0.15, 0.2) is 16.7 Å². The normalized spacial score (nSPS) is 10.3. The van der Waals surface area contributed by atoms with Crippen molar-refractivity contribution >= 4 is 27.7 Å². The Kier molecular flexibility index (Phi) is 4.70. The summed E-state index contributed by atoms with van der Waals surface area (Å²) < 4.78 is 0.737. The maximum atomic E-state index is 11.8. The Balaban J connectivity index is 2.84. The molecule has 16 heavy (non-hydrogen) atoms. The van der Waals surface area contributed by atoms with Gasteiger partial charge in [-0.15, -0.1) is 0 Å². The molecule has 1 amide bonds. The Morgan fingerprint density at radius 1 is 1.62 bits per heavy atom. The van der Waals surface area contributed by atoms with Crippen molar-refractivity contribution in [3.05, 3.63) is 22.3 Å². The van der Waals surface area contributed by atoms with E-state index in [2.05, 4.69) is 31.7 Å². The van der Waals surface area contributed by atoms with Gasteiger partial charge in [-0.3, -0.25) is 4.79 Å². The van der Waals surface area contributed by atoms with E-state index in [1.807, 2.05) is 13.8 Å². The molecule has 0 aliphatic heterocycles. The standard InChI is InChI=1S/C10H15BrN4O/c1-6(2)4-14-10(16)8-3-7(11)5-13-9(8)15-12/h3,5-6H,4,12H2,1-2H3,(H,13,15)(H,14,16). The summed E-state index contributed by atoms with van der Waals surface area (Å²) in [5.74, 6) is 5.87. The molecule has 6 heteroatoms. The van der Waals surface area contributed by atoms with Crippen molar-refractivity contribution in [2.75, 3.05) is 12.0 Å². The van der Waals surface area contributed by atoms with Gasteiger partial charge in [0.25, 0.3) is 5.91 Å². The lowest BCUT2D eigenvalue weighted by Gasteiger charge is -2.10. The maximum absolute atomic E-state index is 11.8. The highest BCUT2D eigenvalue weighted by molar-refractivity contribution is 9.10. The molecule has 88 valence electrons. The number of halogens is 1. The number of nitrogen functional groups attached to an aromatic ring is 1. The number of carbonyl (C=O) groups is 1. The van der Waals surface area contributed by atoms with Crippen molar-refractivity contribution < 1.29 is 4.79 Å². The molecule has 0 aliphatic carbocycles. The summed E-state index contributed by atoms with van der Waals surface area (Å²) in [5.41, 5.74) is 2.83. The van der Waals surface area contributed by atoms with E-state index in [4.69, 9.17) is 5.84 Å². The first kappa shape index (κ1) is 12.9. The molecule has 1 rings (SSSR count). The van der Waals surface area contributed by atoms with Crippen LogP contribution in [0.5, 0.6) is 0 Å². The lowest BCUT2D eigenvalue weighted by molar-refractivity contribution is 0.0949. The van der Waals surface area contributed by atoms with E-state index in [9.17, 15) is 4.79 Å². The maximum Gasteiger partial charge on any atom is 0.255 e. The number of pyridine rings is 1. The largest absolute Gasteiger partial charge is 0.352 e. The van der Waals surface area contributed by atoms with Gasteiger partial charge in [-0.2, -0.15) is 0 Å². The van der Waals surface area contributed by atoms with Crippen LogP contribution in [-0.4, -0.2) is 17.4 Å². The summed E-state index contributed by atoms with van der Waals surface area (Å²) in [6.45, 7) is 4.68. The van der Waals surface area contributed by atoms with Crippen LogP contribution < -0.4 is 16.6 Å². The van der Waals surface area contributed by atoms with Crippen LogP contribution in [-0.2, 0) is 0 Å². The first-order valence-electron chi connectivity index (χ1n) is 4.95. The van der Waals surface area contributed by atoms with Crippen LogP contribution in [0.1, 0.15) is 24.2 Å². The Labute approximate surface area is 103 Å². The van der Waals surface area contributed by atoms with Gasteiger partial charge in [-0.25, -0.2) is 10.8 Å². The van der Waals surface area contributed by atoms with Crippen LogP contribution in [0.4, 0.5) is 5.82 Å². The zero-order chi connectivity index (χ0) is 12.1. The minimum Gasteiger partial charge on any atom is -0.352 e. The molecule has 0 bridgehead atoms. The van der Waals surface area contributed by atoms with Gasteiger partial charge in [0.05, 0.1) is 5.56 Å². The highest BCUT2D eigenvalue weighted by Crippen LogP contribution is 2.17. The first-order chi connectivity index (χ1) is 7.54. The number of nitrogens with two attached hydrogens (primary N) is 1. The number of amides is 1. The minimum absolute atomic E-state index is 0.185. The number of nitrogens with zero attached hydrogens (tertiary/aromatic N) is 1. The zero-order valence-corrected chi connectivity index (χ0v) is 10.8. The van der Waals surface area contributed by atoms with E-state index in [1.165, 1.54) is 0 Å². The van der Waals surface area contributed by atoms with Crippen molar-refractivity contribution in [3.8, 4) is 0 Å². The molecule has 0 aromatic carbocycles. The van der Waals surface area contributed by atoms with Gasteiger partial charge in [0.15, 0.2) is 5.82 Å². The van der Waals surface area contributed by atoms with Crippen molar-refractivity contribution in [1.82, 2.24) is 10.3 Å². The molecule has 0 saturated heterocycles. The lowest BCUT2D eigenvalue weighted by atomic mass is 10.2. The van der Waals surface area contributed by atoms with E-state index in [0.29, 0.717) is 23.8 Å². The predicted octanol–water partition coefficient (Wildman–Crippen LogP) is 1.52. The van der Waals surface area contributed by atoms with Crippen molar-refractivity contribution in [2.24, 2.45) is 11.8 Å². The van der Waals surface area contributed by atoms with Gasteiger partial charge in [0, 0.05) is 17.2 Å². The third kappa shape index (κ3) is 3.46. The van der Waals surface area contributed by atoms with E-state index < -0.39 is 0 Å². The number of nitrogens with one attached hydrogen (secondary N) is 2. The zero-order valence-electron chi connectivity index (χ0n) is 9.25. The highest BCUT2D eigenvalue weighted by atomic mass is 79.9. The van der Waals surface area contributed by atoms with Crippen LogP contribution in [0.25, 0.3) is 0 Å². The Morgan fingerprint density at radius 3 is 2.88 bits per heavy atom. The lowest BCUT2D eigenvalue weighted by Crippen LogP contribution is -2.28. The van der Waals surface area contributed by atoms with Gasteiger partial charge < -0.3 is 10.7 Å². The second-order valence-corrected chi connectivity index (χ2v) is 4.71. The topological polar surface area (TPSA) is 80.0 Å². The second-order valence-electron chi connectivity index (χ2n) is 3.80. The average molecular weight is 287 g/mol. The molecule has 5 nitrogen and oxygen atoms in total. The smallest absolute Gasteiger partial charge is 0.255 e. The van der Waals surface area contributed by atoms with Crippen molar-refractivity contribution in [3.63, 3.8) is 0 Å². The minimum atomic E-state index is -0.185. The SMILES string of the molecule is CC(C)CNC(=O)c1cc(Br)cnc1NN. The molecule has 0 unspecified atom stereocenters. The van der Waals surface area contributed by atoms with Gasteiger partial charge in [-0.05, 0) is 27.9 Å². The van der Waals surface area contributed by atoms with E-state index in [-0.39, 0.29) is 5.91 Å². The van der Waals surface area contributed by atoms with E-state index in [0.717, 1.165) is 4.47 Å². The van der Waals surface area contributed by atoms with Crippen molar-refractivity contribution in [2.45, 2.75) is 13.8 Å². The predicted molar refractivity (Wildman–Crippen MR) is 66.9 cm³/mol. The summed E-state index contributed by atoms with van der Waals surface area (Å²) in [6.07, 6.45) is 1.58. The van der Waals surface area contributed by atoms with Crippen LogP contribution in [0.2, 0.25) is 0 Å². The van der Waals surface area contributed by atoms with Gasteiger partial charge in [0.2, 0.25) is 0 Å². The molecule has 1 aromatic rings. The Hall–Kier alpha value is -1.14. The van der Waals surface area contributed by atoms with Crippen LogP contribution >= 0.6 is 15.9 Å². The number of hydrogen-bond acceptors (Lipinski definition) is 4. The second kappa shape index (κ2) is 5.81. The molecule has 1 heterocycles. The average Bonchev–Trinajstić information content (AvgIpc) is 2.25. The number of aromatic nitrogens is 1. The molecule has 0 aliphatic rings. The van der Waals surface area contributed by atoms with Crippen LogP contribution in [0.3, 0.4) is 0 Å². The summed E-state index contributed by atoms with van der Waals surface area (Å²) in [5, 5.41) is 2.80. The van der Waals surface area contributed by atoms with Crippen molar-refractivity contribution in [1.29, 1.82) is 0 Å². The monoisotopic (exact) mass is 286 g/mol. The number of hydrazine groups is 1. The number of rotatable bonds is 4. The fraction of sp³-hybridized carbons (Fsp3) is 0.400. The summed E-state index contributed by atoms with van der Waals surface area (Å²) in [7, 11) is 0. The first-order valence-corrected chi connectivity index (χ1v) is 5.74. The number of anilines is 1. The molecular weight excluding hydrogens is 272 g/mol. The fourth-order valence-corrected chi connectivity index (χ4v) is 1.45. The van der Waals surface area contributed by atoms with Gasteiger partial charge in [0.1, 0.15) is 0 Å². The molecule has 0 spiro atoms. The summed E-state index contributed by atoms with van der Waals surface area (Å²) in [6, 6.07) is 1.68. The number of carbonyl (C=O) groups excluding carboxylic acids is 1. The van der Waals surface area contributed by atoms with E-state index >= 15 is 0 Å². The van der Waals surface area contributed by atoms with Crippen LogP contribution in [0, 0.1) is 5.92 Å². The molecule has 1 aromatic heterocycles. The molecule has 0 saturated carbocycles. The molecule has 0 atom stereocenters. The third-order valence-corrected chi connectivity index (χ3v) is 2.34. The van der Waals surface area contributed by atoms with Gasteiger partial charge in [-0.1, -0.05) is 13.8 Å². The molecule has 0 radical (unpaired) electrons. The number of hydrogen-bond donors (Lipinski definition) is 3. The molecule has 0 fully saturated rings. The fourth-order valence-electron chi connectivity index (χ4n) is 1.12. The highest BCUT2D eigenvalue weighted by Gasteiger charge is 2.12. The quantitative estimate of drug-likeness (QED) is 0.579. The summed E-state index contributed by atoms with van der Waals surface area (Å²) >= 11 is 3.26. The third-order valence-electron chi connectivity index (χ3n) is 1.91. The Bertz CT molecular complexity index is 381. The molecule has 4 N–H and O–H groups in total. The molecular formula is C10H15BrN4O.